The predicted octanol–water partition coefficient (Wildman–Crippen LogP) is 5.23. The van der Waals surface area contributed by atoms with Crippen LogP contribution in [0.15, 0.2) is 47.6 Å². The Labute approximate surface area is 176 Å². The standard InChI is InChI=1S/C24H28F2N2O2/c1-16-7-5-6-8-20(16)22-12-19(30-27-22)15-28(23(29)13-24(2,3)4)14-17-9-10-18(25)11-21(17)26/h5-11,19H,12-15H2,1-4H3/t19-/m1/s1. The largest absolute Gasteiger partial charge is 0.390 e. The lowest BCUT2D eigenvalue weighted by atomic mass is 9.91. The van der Waals surface area contributed by atoms with E-state index in [1.54, 1.807) is 4.90 Å². The van der Waals surface area contributed by atoms with Crippen molar-refractivity contribution in [3.05, 3.63) is 70.8 Å². The van der Waals surface area contributed by atoms with E-state index in [1.165, 1.54) is 12.1 Å². The minimum absolute atomic E-state index is 0.0561. The number of hydrogen-bond donors (Lipinski definition) is 0. The van der Waals surface area contributed by atoms with Gasteiger partial charge in [0.2, 0.25) is 5.91 Å². The fraction of sp³-hybridized carbons (Fsp3) is 0.417. The summed E-state index contributed by atoms with van der Waals surface area (Å²) in [6.45, 7) is 8.29. The molecule has 0 unspecified atom stereocenters. The molecule has 0 bridgehead atoms. The Balaban J connectivity index is 1.74. The maximum absolute atomic E-state index is 14.2. The van der Waals surface area contributed by atoms with Crippen LogP contribution in [0.25, 0.3) is 0 Å². The normalized spacial score (nSPS) is 16.2. The smallest absolute Gasteiger partial charge is 0.223 e. The van der Waals surface area contributed by atoms with Crippen molar-refractivity contribution in [3.63, 3.8) is 0 Å². The molecule has 4 nitrogen and oxygen atoms in total. The van der Waals surface area contributed by atoms with E-state index in [-0.39, 0.29) is 36.1 Å². The van der Waals surface area contributed by atoms with Crippen molar-refractivity contribution in [2.45, 2.75) is 53.2 Å². The number of aryl methyl sites for hydroxylation is 1. The van der Waals surface area contributed by atoms with Crippen molar-refractivity contribution in [1.82, 2.24) is 4.90 Å². The third-order valence-corrected chi connectivity index (χ3v) is 5.02. The van der Waals surface area contributed by atoms with Crippen molar-refractivity contribution >= 4 is 11.6 Å². The molecule has 3 rings (SSSR count). The number of halogens is 2. The van der Waals surface area contributed by atoms with Crippen molar-refractivity contribution in [2.24, 2.45) is 10.6 Å². The van der Waals surface area contributed by atoms with E-state index in [1.807, 2.05) is 52.0 Å². The van der Waals surface area contributed by atoms with E-state index in [2.05, 4.69) is 5.16 Å². The second-order valence-electron chi connectivity index (χ2n) is 9.03. The molecule has 30 heavy (non-hydrogen) atoms. The van der Waals surface area contributed by atoms with E-state index >= 15 is 0 Å². The summed E-state index contributed by atoms with van der Waals surface area (Å²) in [5.41, 5.74) is 3.04. The lowest BCUT2D eigenvalue weighted by molar-refractivity contribution is -0.135. The van der Waals surface area contributed by atoms with Gasteiger partial charge in [-0.05, 0) is 24.0 Å². The summed E-state index contributed by atoms with van der Waals surface area (Å²) in [6.07, 6.45) is 0.566. The summed E-state index contributed by atoms with van der Waals surface area (Å²) in [5.74, 6) is -1.40. The van der Waals surface area contributed by atoms with Crippen LogP contribution in [-0.4, -0.2) is 29.2 Å². The summed E-state index contributed by atoms with van der Waals surface area (Å²) in [4.78, 5) is 20.2. The van der Waals surface area contributed by atoms with Crippen molar-refractivity contribution in [1.29, 1.82) is 0 Å². The van der Waals surface area contributed by atoms with E-state index in [0.717, 1.165) is 22.9 Å². The molecule has 0 saturated heterocycles. The van der Waals surface area contributed by atoms with E-state index < -0.39 is 11.6 Å². The number of nitrogens with zero attached hydrogens (tertiary/aromatic N) is 2. The van der Waals surface area contributed by atoms with Crippen molar-refractivity contribution < 1.29 is 18.4 Å². The molecule has 1 amide bonds. The molecular weight excluding hydrogens is 386 g/mol. The maximum atomic E-state index is 14.2. The molecule has 1 aliphatic rings. The van der Waals surface area contributed by atoms with Crippen LogP contribution in [0, 0.1) is 24.0 Å². The van der Waals surface area contributed by atoms with Crippen LogP contribution in [0.4, 0.5) is 8.78 Å². The van der Waals surface area contributed by atoms with Gasteiger partial charge >= 0.3 is 0 Å². The number of oxime groups is 1. The molecule has 0 aliphatic carbocycles. The van der Waals surface area contributed by atoms with Gasteiger partial charge < -0.3 is 9.74 Å². The first-order chi connectivity index (χ1) is 14.1. The molecule has 0 spiro atoms. The Bertz CT molecular complexity index is 950. The van der Waals surface area contributed by atoms with Gasteiger partial charge in [-0.1, -0.05) is 56.3 Å². The first kappa shape index (κ1) is 21.9. The van der Waals surface area contributed by atoms with Crippen molar-refractivity contribution in [2.75, 3.05) is 6.54 Å². The Kier molecular flexibility index (Phi) is 6.54. The molecule has 0 aromatic heterocycles. The summed E-state index contributed by atoms with van der Waals surface area (Å²) in [6, 6.07) is 11.4. The second kappa shape index (κ2) is 8.94. The van der Waals surface area contributed by atoms with Crippen LogP contribution in [0.2, 0.25) is 0 Å². The van der Waals surface area contributed by atoms with Crippen molar-refractivity contribution in [3.8, 4) is 0 Å². The monoisotopic (exact) mass is 414 g/mol. The highest BCUT2D eigenvalue weighted by atomic mass is 19.1. The van der Waals surface area contributed by atoms with Gasteiger partial charge in [-0.15, -0.1) is 0 Å². The number of carbonyl (C=O) groups is 1. The molecule has 1 aliphatic heterocycles. The van der Waals surface area contributed by atoms with E-state index in [4.69, 9.17) is 4.84 Å². The highest BCUT2D eigenvalue weighted by Crippen LogP contribution is 2.24. The molecule has 2 aromatic rings. The molecule has 1 heterocycles. The average molecular weight is 414 g/mol. The van der Waals surface area contributed by atoms with E-state index in [0.29, 0.717) is 12.8 Å². The minimum Gasteiger partial charge on any atom is -0.390 e. The molecule has 1 atom stereocenters. The first-order valence-corrected chi connectivity index (χ1v) is 10.1. The molecular formula is C24H28F2N2O2. The molecule has 6 heteroatoms. The van der Waals surface area contributed by atoms with E-state index in [9.17, 15) is 13.6 Å². The second-order valence-corrected chi connectivity index (χ2v) is 9.03. The third-order valence-electron chi connectivity index (χ3n) is 5.02. The summed E-state index contributed by atoms with van der Waals surface area (Å²) in [7, 11) is 0. The molecule has 0 N–H and O–H groups in total. The van der Waals surface area contributed by atoms with Crippen LogP contribution >= 0.6 is 0 Å². The van der Waals surface area contributed by atoms with Gasteiger partial charge in [0.15, 0.2) is 6.10 Å². The fourth-order valence-electron chi connectivity index (χ4n) is 3.50. The summed E-state index contributed by atoms with van der Waals surface area (Å²) >= 11 is 0. The Morgan fingerprint density at radius 2 is 1.93 bits per heavy atom. The Hall–Kier alpha value is -2.76. The SMILES string of the molecule is Cc1ccccc1C1=NO[C@@H](CN(Cc2ccc(F)cc2F)C(=O)CC(C)(C)C)C1. The summed E-state index contributed by atoms with van der Waals surface area (Å²) < 4.78 is 27.5. The highest BCUT2D eigenvalue weighted by molar-refractivity contribution is 6.02. The van der Waals surface area contributed by atoms with Gasteiger partial charge in [0, 0.05) is 36.6 Å². The fourth-order valence-corrected chi connectivity index (χ4v) is 3.50. The number of amides is 1. The minimum atomic E-state index is -0.659. The predicted molar refractivity (Wildman–Crippen MR) is 113 cm³/mol. The Morgan fingerprint density at radius 1 is 1.20 bits per heavy atom. The van der Waals surface area contributed by atoms with Gasteiger partial charge in [-0.25, -0.2) is 8.78 Å². The van der Waals surface area contributed by atoms with Gasteiger partial charge in [0.05, 0.1) is 12.3 Å². The van der Waals surface area contributed by atoms with Gasteiger partial charge in [0.1, 0.15) is 11.6 Å². The molecule has 0 saturated carbocycles. The number of hydrogen-bond acceptors (Lipinski definition) is 3. The van der Waals surface area contributed by atoms with Crippen LogP contribution in [0.3, 0.4) is 0 Å². The number of carbonyl (C=O) groups excluding carboxylic acids is 1. The van der Waals surface area contributed by atoms with Gasteiger partial charge in [-0.3, -0.25) is 4.79 Å². The maximum Gasteiger partial charge on any atom is 0.223 e. The number of rotatable bonds is 6. The zero-order valence-electron chi connectivity index (χ0n) is 17.9. The quantitative estimate of drug-likeness (QED) is 0.649. The average Bonchev–Trinajstić information content (AvgIpc) is 3.10. The molecule has 0 radical (unpaired) electrons. The molecule has 0 fully saturated rings. The van der Waals surface area contributed by atoms with Gasteiger partial charge in [0.25, 0.3) is 0 Å². The molecule has 160 valence electrons. The zero-order chi connectivity index (χ0) is 21.9. The van der Waals surface area contributed by atoms with Gasteiger partial charge in [-0.2, -0.15) is 0 Å². The summed E-state index contributed by atoms with van der Waals surface area (Å²) in [5, 5.41) is 4.23. The first-order valence-electron chi connectivity index (χ1n) is 10.1. The lowest BCUT2D eigenvalue weighted by Gasteiger charge is -2.28. The third kappa shape index (κ3) is 5.65. The lowest BCUT2D eigenvalue weighted by Crippen LogP contribution is -2.39. The van der Waals surface area contributed by atoms with Crippen LogP contribution in [0.1, 0.15) is 50.3 Å². The highest BCUT2D eigenvalue weighted by Gasteiger charge is 2.29. The number of benzene rings is 2. The Morgan fingerprint density at radius 3 is 2.60 bits per heavy atom. The topological polar surface area (TPSA) is 41.9 Å². The molecule has 2 aromatic carbocycles. The van der Waals surface area contributed by atoms with Crippen LogP contribution < -0.4 is 0 Å². The van der Waals surface area contributed by atoms with Crippen LogP contribution in [0.5, 0.6) is 0 Å². The zero-order valence-corrected chi connectivity index (χ0v) is 17.9. The van der Waals surface area contributed by atoms with Crippen LogP contribution in [-0.2, 0) is 16.2 Å².